The van der Waals surface area contributed by atoms with Crippen molar-refractivity contribution in [1.29, 1.82) is 0 Å². The molecule has 1 aliphatic heterocycles. The van der Waals surface area contributed by atoms with Crippen LogP contribution in [0.3, 0.4) is 0 Å². The molecule has 0 atom stereocenters. The maximum atomic E-state index is 12.8. The van der Waals surface area contributed by atoms with Gasteiger partial charge in [-0.3, -0.25) is 0 Å². The van der Waals surface area contributed by atoms with Crippen LogP contribution in [-0.4, -0.2) is 7.48 Å². The molecule has 0 fully saturated rings. The van der Waals surface area contributed by atoms with Crippen LogP contribution in [0.15, 0.2) is 18.2 Å². The van der Waals surface area contributed by atoms with Crippen molar-refractivity contribution in [3.8, 4) is 0 Å². The molecule has 0 aliphatic carbocycles. The molecule has 0 spiro atoms. The fourth-order valence-electron chi connectivity index (χ4n) is 1.16. The Kier molecular flexibility index (Phi) is 1.24. The van der Waals surface area contributed by atoms with Crippen molar-refractivity contribution in [2.45, 2.75) is 6.61 Å². The van der Waals surface area contributed by atoms with Crippen LogP contribution in [0, 0.1) is 5.82 Å². The summed E-state index contributed by atoms with van der Waals surface area (Å²) in [5, 5.41) is 0. The summed E-state index contributed by atoms with van der Waals surface area (Å²) in [6, 6.07) is 5.07. The van der Waals surface area contributed by atoms with Crippen molar-refractivity contribution in [3.63, 3.8) is 0 Å². The minimum Gasteiger partial charge on any atom is -0.430 e. The third kappa shape index (κ3) is 0.744. The molecule has 0 unspecified atom stereocenters. The molecule has 1 heterocycles. The van der Waals surface area contributed by atoms with Gasteiger partial charge in [0.05, 0.1) is 6.61 Å². The van der Waals surface area contributed by atoms with Crippen molar-refractivity contribution in [1.82, 2.24) is 0 Å². The zero-order valence-electron chi connectivity index (χ0n) is 5.43. The van der Waals surface area contributed by atoms with Crippen molar-refractivity contribution in [2.24, 2.45) is 0 Å². The molecule has 3 heteroatoms. The third-order valence-electron chi connectivity index (χ3n) is 1.72. The average Bonchev–Trinajstić information content (AvgIpc) is 2.36. The van der Waals surface area contributed by atoms with Gasteiger partial charge >= 0.3 is 7.48 Å². The van der Waals surface area contributed by atoms with Crippen LogP contribution in [0.5, 0.6) is 0 Å². The lowest BCUT2D eigenvalue weighted by Crippen LogP contribution is -2.15. The van der Waals surface area contributed by atoms with E-state index in [-0.39, 0.29) is 5.82 Å². The molecule has 0 bridgehead atoms. The van der Waals surface area contributed by atoms with Crippen LogP contribution in [0.4, 0.5) is 4.39 Å². The topological polar surface area (TPSA) is 9.23 Å². The Morgan fingerprint density at radius 2 is 2.40 bits per heavy atom. The highest BCUT2D eigenvalue weighted by molar-refractivity contribution is 6.48. The number of halogens is 1. The number of fused-ring (bicyclic) bond motifs is 1. The van der Waals surface area contributed by atoms with E-state index >= 15 is 0 Å². The Balaban J connectivity index is 2.59. The van der Waals surface area contributed by atoms with Gasteiger partial charge in [-0.1, -0.05) is 12.1 Å². The van der Waals surface area contributed by atoms with Gasteiger partial charge in [0.1, 0.15) is 5.82 Å². The summed E-state index contributed by atoms with van der Waals surface area (Å²) in [5.74, 6) is -0.144. The molecule has 1 nitrogen and oxygen atoms in total. The van der Waals surface area contributed by atoms with Crippen molar-refractivity contribution < 1.29 is 9.04 Å². The Hall–Kier alpha value is -0.825. The van der Waals surface area contributed by atoms with Gasteiger partial charge in [-0.15, -0.1) is 0 Å². The van der Waals surface area contributed by atoms with E-state index in [0.29, 0.717) is 14.1 Å². The van der Waals surface area contributed by atoms with E-state index in [2.05, 4.69) is 0 Å². The average molecular weight is 136 g/mol. The summed E-state index contributed by atoms with van der Waals surface area (Å²) in [7, 11) is 0.433. The zero-order valence-corrected chi connectivity index (χ0v) is 5.43. The second-order valence-corrected chi connectivity index (χ2v) is 2.37. The number of benzene rings is 1. The summed E-state index contributed by atoms with van der Waals surface area (Å²) >= 11 is 0. The van der Waals surface area contributed by atoms with Crippen molar-refractivity contribution in [3.05, 3.63) is 29.6 Å². The Morgan fingerprint density at radius 1 is 1.50 bits per heavy atom. The van der Waals surface area contributed by atoms with Gasteiger partial charge in [-0.2, -0.15) is 0 Å². The van der Waals surface area contributed by atoms with Crippen LogP contribution in [0.2, 0.25) is 0 Å². The smallest absolute Gasteiger partial charge is 0.312 e. The summed E-state index contributed by atoms with van der Waals surface area (Å²) in [4.78, 5) is 0. The normalized spacial score (nSPS) is 14.5. The molecule has 0 saturated heterocycles. The molecule has 2 rings (SSSR count). The standard InChI is InChI=1S/C7H6BFO/c9-6-3-1-2-5-4-10-8-7(5)6/h1-3,8H,4H2. The van der Waals surface area contributed by atoms with Crippen LogP contribution < -0.4 is 5.46 Å². The first-order chi connectivity index (χ1) is 4.88. The lowest BCUT2D eigenvalue weighted by atomic mass is 9.87. The van der Waals surface area contributed by atoms with Gasteiger partial charge in [0, 0.05) is 0 Å². The zero-order chi connectivity index (χ0) is 6.97. The molecular formula is C7H6BFO. The largest absolute Gasteiger partial charge is 0.430 e. The maximum Gasteiger partial charge on any atom is 0.312 e. The predicted molar refractivity (Wildman–Crippen MR) is 38.0 cm³/mol. The lowest BCUT2D eigenvalue weighted by Gasteiger charge is -1.94. The van der Waals surface area contributed by atoms with Crippen LogP contribution in [0.25, 0.3) is 0 Å². The molecule has 0 amide bonds. The predicted octanol–water partition coefficient (Wildman–Crippen LogP) is 0.333. The van der Waals surface area contributed by atoms with E-state index < -0.39 is 0 Å². The van der Waals surface area contributed by atoms with Crippen LogP contribution in [0.1, 0.15) is 5.56 Å². The Bertz CT molecular complexity index is 262. The van der Waals surface area contributed by atoms with E-state index in [9.17, 15) is 4.39 Å². The molecule has 0 saturated carbocycles. The Labute approximate surface area is 59.1 Å². The maximum absolute atomic E-state index is 12.8. The van der Waals surface area contributed by atoms with E-state index in [4.69, 9.17) is 4.65 Å². The first-order valence-corrected chi connectivity index (χ1v) is 3.22. The third-order valence-corrected chi connectivity index (χ3v) is 1.72. The van der Waals surface area contributed by atoms with E-state index in [1.165, 1.54) is 6.07 Å². The molecular weight excluding hydrogens is 130 g/mol. The Morgan fingerprint density at radius 3 is 3.20 bits per heavy atom. The molecule has 1 aliphatic rings. The minimum atomic E-state index is -0.144. The first-order valence-electron chi connectivity index (χ1n) is 3.22. The number of hydrogen-bond acceptors (Lipinski definition) is 1. The number of hydrogen-bond donors (Lipinski definition) is 0. The van der Waals surface area contributed by atoms with Crippen LogP contribution in [-0.2, 0) is 11.3 Å². The minimum absolute atomic E-state index is 0.144. The lowest BCUT2D eigenvalue weighted by molar-refractivity contribution is 0.345. The second kappa shape index (κ2) is 2.09. The molecule has 10 heavy (non-hydrogen) atoms. The van der Waals surface area contributed by atoms with Gasteiger partial charge in [0.15, 0.2) is 0 Å². The fourth-order valence-corrected chi connectivity index (χ4v) is 1.16. The van der Waals surface area contributed by atoms with Crippen LogP contribution >= 0.6 is 0 Å². The fraction of sp³-hybridized carbons (Fsp3) is 0.143. The summed E-state index contributed by atoms with van der Waals surface area (Å²) < 4.78 is 17.9. The summed E-state index contributed by atoms with van der Waals surface area (Å²) in [6.07, 6.45) is 0. The highest BCUT2D eigenvalue weighted by atomic mass is 19.1. The molecule has 1 aromatic carbocycles. The highest BCUT2D eigenvalue weighted by Gasteiger charge is 2.15. The summed E-state index contributed by atoms with van der Waals surface area (Å²) in [6.45, 7) is 0.563. The molecule has 50 valence electrons. The quantitative estimate of drug-likeness (QED) is 0.467. The van der Waals surface area contributed by atoms with Gasteiger partial charge in [0.25, 0.3) is 0 Å². The first kappa shape index (κ1) is 5.92. The van der Waals surface area contributed by atoms with Gasteiger partial charge in [-0.25, -0.2) is 4.39 Å². The SMILES string of the molecule is Fc1cccc2c1BOC2. The van der Waals surface area contributed by atoms with Gasteiger partial charge in [-0.05, 0) is 17.1 Å². The van der Waals surface area contributed by atoms with E-state index in [0.717, 1.165) is 11.0 Å². The molecule has 0 N–H and O–H groups in total. The van der Waals surface area contributed by atoms with E-state index in [1.54, 1.807) is 6.07 Å². The van der Waals surface area contributed by atoms with E-state index in [1.807, 2.05) is 6.07 Å². The second-order valence-electron chi connectivity index (χ2n) is 2.37. The highest BCUT2D eigenvalue weighted by Crippen LogP contribution is 2.06. The monoisotopic (exact) mass is 136 g/mol. The number of rotatable bonds is 0. The van der Waals surface area contributed by atoms with Crippen molar-refractivity contribution in [2.75, 3.05) is 0 Å². The van der Waals surface area contributed by atoms with Gasteiger partial charge in [0.2, 0.25) is 0 Å². The summed E-state index contributed by atoms with van der Waals surface area (Å²) in [5.41, 5.74) is 1.71. The van der Waals surface area contributed by atoms with Gasteiger partial charge < -0.3 is 4.65 Å². The molecule has 0 aromatic heterocycles. The molecule has 0 radical (unpaired) electrons. The van der Waals surface area contributed by atoms with Crippen molar-refractivity contribution >= 4 is 12.9 Å². The molecule has 1 aromatic rings.